The molecular weight excluding hydrogens is 1370 g/mol. The first kappa shape index (κ1) is 83.3. The van der Waals surface area contributed by atoms with Crippen molar-refractivity contribution in [1.82, 2.24) is 40.1 Å². The van der Waals surface area contributed by atoms with Gasteiger partial charge in [0.05, 0.1) is 37.3 Å². The molecule has 3 fully saturated rings. The van der Waals surface area contributed by atoms with E-state index >= 15 is 24.0 Å². The van der Waals surface area contributed by atoms with Gasteiger partial charge in [-0.3, -0.25) is 38.4 Å². The molecule has 8 rings (SSSR count). The predicted octanol–water partition coefficient (Wildman–Crippen LogP) is 8.15. The van der Waals surface area contributed by atoms with Crippen molar-refractivity contribution >= 4 is 75.9 Å². The summed E-state index contributed by atoms with van der Waals surface area (Å²) in [4.78, 5) is 157. The zero-order valence-corrected chi connectivity index (χ0v) is 65.6. The lowest BCUT2D eigenvalue weighted by Crippen LogP contribution is -2.62. The van der Waals surface area contributed by atoms with Crippen molar-refractivity contribution < 1.29 is 76.4 Å². The predicted molar refractivity (Wildman–Crippen MR) is 407 cm³/mol. The van der Waals surface area contributed by atoms with Gasteiger partial charge in [-0.25, -0.2) is 14.2 Å². The number of nitrogens with zero attached hydrogens (tertiary/aromatic N) is 6. The van der Waals surface area contributed by atoms with Crippen molar-refractivity contribution in [1.29, 1.82) is 0 Å². The number of rotatable bonds is 23. The number of hydrogen-bond donors (Lipinski definition) is 4. The topological polar surface area (TPSA) is 296 Å². The second-order valence-corrected chi connectivity index (χ2v) is 29.9. The largest absolute Gasteiger partial charge is 0.497 e. The number of likely N-dealkylation sites (tertiary alicyclic amines) is 1. The fourth-order valence-corrected chi connectivity index (χ4v) is 14.9. The molecule has 0 bridgehead atoms. The summed E-state index contributed by atoms with van der Waals surface area (Å²) < 4.78 is 32.6. The molecule has 1 aliphatic carbocycles. The van der Waals surface area contributed by atoms with Gasteiger partial charge < -0.3 is 68.9 Å². The van der Waals surface area contributed by atoms with Crippen LogP contribution in [0.2, 0.25) is 0 Å². The van der Waals surface area contributed by atoms with Gasteiger partial charge in [0.15, 0.2) is 12.2 Å². The number of benzene rings is 4. The lowest BCUT2D eigenvalue weighted by atomic mass is 9.90. The summed E-state index contributed by atoms with van der Waals surface area (Å²) in [6.07, 6.45) is -5.13. The molecule has 0 unspecified atom stereocenters. The first-order valence-electron chi connectivity index (χ1n) is 38.3. The van der Waals surface area contributed by atoms with Crippen LogP contribution in [-0.4, -0.2) is 211 Å². The fourth-order valence-electron chi connectivity index (χ4n) is 14.9. The first-order chi connectivity index (χ1) is 50.9. The maximum Gasteiger partial charge on any atom is 0.339 e. The van der Waals surface area contributed by atoms with Crippen molar-refractivity contribution in [3.8, 4) is 28.2 Å². The Kier molecular flexibility index (Phi) is 29.1. The molecule has 4 N–H and O–H groups in total. The monoisotopic (exact) mass is 1480 g/mol. The van der Waals surface area contributed by atoms with Gasteiger partial charge in [0.25, 0.3) is 11.8 Å². The average molecular weight is 1480 g/mol. The molecule has 107 heavy (non-hydrogen) atoms. The molecule has 3 saturated heterocycles. The number of carbonyl (C=O) groups is 10. The number of nitrogens with one attached hydrogen (secondary N) is 3. The van der Waals surface area contributed by atoms with E-state index < -0.39 is 144 Å². The van der Waals surface area contributed by atoms with Crippen LogP contribution in [0.25, 0.3) is 33.4 Å². The molecule has 0 saturated carbocycles. The molecular formula is C82H114N9O16+. The molecule has 3 aromatic carbocycles. The van der Waals surface area contributed by atoms with Crippen LogP contribution in [0.4, 0.5) is 5.69 Å². The molecule has 582 valence electrons. The number of ether oxygens (including phenoxy) is 4. The number of hydrogen-bond acceptors (Lipinski definition) is 17. The highest BCUT2D eigenvalue weighted by Gasteiger charge is 2.46. The van der Waals surface area contributed by atoms with Gasteiger partial charge in [-0.2, -0.15) is 0 Å². The number of amides is 7. The highest BCUT2D eigenvalue weighted by Crippen LogP contribution is 2.43. The number of cyclic esters (lactones) is 2. The van der Waals surface area contributed by atoms with E-state index in [2.05, 4.69) is 53.1 Å². The molecule has 25 heteroatoms. The Hall–Kier alpha value is -9.39. The van der Waals surface area contributed by atoms with E-state index in [1.807, 2.05) is 76.2 Å². The van der Waals surface area contributed by atoms with E-state index in [0.29, 0.717) is 47.5 Å². The Morgan fingerprint density at radius 2 is 1.46 bits per heavy atom. The maximum atomic E-state index is 15.4. The zero-order chi connectivity index (χ0) is 78.4. The van der Waals surface area contributed by atoms with Crippen LogP contribution in [-0.2, 0) is 63.8 Å². The normalized spacial score (nSPS) is 22.5. The molecule has 5 aliphatic rings. The number of fused-ring (bicyclic) bond motifs is 3. The second kappa shape index (κ2) is 37.4. The van der Waals surface area contributed by atoms with Crippen LogP contribution in [0.15, 0.2) is 89.3 Å². The number of carbonyl (C=O) groups excluding carboxylic acids is 10. The number of likely N-dealkylation sites (N-methyl/N-ethyl adjacent to an activating group) is 2. The van der Waals surface area contributed by atoms with Gasteiger partial charge in [-0.1, -0.05) is 92.1 Å². The van der Waals surface area contributed by atoms with Crippen molar-refractivity contribution in [3.05, 3.63) is 101 Å². The summed E-state index contributed by atoms with van der Waals surface area (Å²) in [5.74, 6) is -8.19. The molecule has 0 spiro atoms. The smallest absolute Gasteiger partial charge is 0.339 e. The highest BCUT2D eigenvalue weighted by atomic mass is 16.6. The van der Waals surface area contributed by atoms with Crippen LogP contribution < -0.4 is 35.5 Å². The van der Waals surface area contributed by atoms with Gasteiger partial charge >= 0.3 is 17.9 Å². The number of anilines is 1. The Bertz CT molecular complexity index is 4030. The van der Waals surface area contributed by atoms with E-state index in [1.165, 1.54) is 54.7 Å². The molecule has 3 aromatic rings. The van der Waals surface area contributed by atoms with E-state index in [-0.39, 0.29) is 62.6 Å². The van der Waals surface area contributed by atoms with Crippen molar-refractivity contribution in [2.24, 2.45) is 23.7 Å². The molecule has 0 aromatic heterocycles. The van der Waals surface area contributed by atoms with Gasteiger partial charge in [0.2, 0.25) is 34.9 Å². The van der Waals surface area contributed by atoms with E-state index in [1.54, 1.807) is 64.1 Å². The lowest BCUT2D eigenvalue weighted by Gasteiger charge is -2.36. The molecule has 4 aliphatic heterocycles. The zero-order valence-electron chi connectivity index (χ0n) is 65.6. The minimum absolute atomic E-state index is 0.0282. The maximum absolute atomic E-state index is 15.4. The van der Waals surface area contributed by atoms with Gasteiger partial charge in [0, 0.05) is 81.0 Å². The third-order valence-corrected chi connectivity index (χ3v) is 21.3. The summed E-state index contributed by atoms with van der Waals surface area (Å²) in [5, 5.41) is 22.3. The summed E-state index contributed by atoms with van der Waals surface area (Å²) >= 11 is 0. The van der Waals surface area contributed by atoms with Crippen LogP contribution in [0, 0.1) is 23.7 Å². The van der Waals surface area contributed by atoms with E-state index in [0.717, 1.165) is 53.7 Å². The van der Waals surface area contributed by atoms with Crippen molar-refractivity contribution in [2.75, 3.05) is 65.4 Å². The quantitative estimate of drug-likeness (QED) is 0.0207. The van der Waals surface area contributed by atoms with Crippen molar-refractivity contribution in [2.45, 2.75) is 221 Å². The average Bonchev–Trinajstić information content (AvgIpc) is 1.10. The van der Waals surface area contributed by atoms with Crippen LogP contribution in [0.1, 0.15) is 164 Å². The number of esters is 3. The van der Waals surface area contributed by atoms with E-state index in [9.17, 15) is 29.1 Å². The third-order valence-electron chi connectivity index (χ3n) is 21.3. The van der Waals surface area contributed by atoms with E-state index in [4.69, 9.17) is 23.4 Å². The number of methoxy groups -OCH3 is 1. The molecule has 25 nitrogen and oxygen atoms in total. The fraction of sp³-hybridized carbons (Fsp3) is 0.573. The molecule has 0 radical (unpaired) electrons. The highest BCUT2D eigenvalue weighted by molar-refractivity contribution is 6.09. The number of aliphatic hydroxyl groups excluding tert-OH is 1. The van der Waals surface area contributed by atoms with Gasteiger partial charge in [-0.15, -0.1) is 0 Å². The second-order valence-electron chi connectivity index (χ2n) is 29.9. The summed E-state index contributed by atoms with van der Waals surface area (Å²) in [7, 11) is 4.35. The van der Waals surface area contributed by atoms with Crippen LogP contribution in [0.3, 0.4) is 0 Å². The standard InChI is InChI=1S/C82H113N9O16/c1-18-50(12)71-66(92)46-69(93)107-73(49(10)11)76(96)83-61(41-47(6)7)78(98)91-40-26-30-63(91)80(100)87(16)65(43-53-31-35-56(103-17)36-32-53)82(102)104-51(13)72(75(95)84-71)85-74(94)64(42-48(8)9)86(15)79(99)62-29-25-39-90(62)77(97)52(14)105-81(101)58-28-24-23-27-57(58)70-59-37-33-54(88(19-2)20-3)44-67(59)106-68-45-55(34-38-60(68)70)89(21-4)22-5/h23-24,27-28,31-38,44-45,47-52,61-66,71-73,92H,18-22,25-26,29-30,39-43,46H2,1-17H3,(H2-,83,84,85,94,95,96)/p+1/t50-,51-,52-,61-,62-,63-,64+,65-,66-,71-,72+,73-/m0/s1. The lowest BCUT2D eigenvalue weighted by molar-refractivity contribution is -0.162. The van der Waals surface area contributed by atoms with Crippen LogP contribution >= 0.6 is 0 Å². The third kappa shape index (κ3) is 19.7. The summed E-state index contributed by atoms with van der Waals surface area (Å²) in [6, 6.07) is 16.8. The SMILES string of the molecule is CC[C@H](C)[C@@H]1NC(=O)[C@H](NC(=O)[C@@H](CC(C)C)N(C)C(=O)[C@@H]2CCCN2C(=O)[C@H](C)OC(=O)c2ccccc2-c2c3ccc(=[N+](CC)CC)cc-3oc3cc(N(CC)CC)ccc23)[C@H](C)OC(=O)[C@H](Cc2ccc(OC)cc2)N(C)C(=O)[C@@H]2CCCN2C(=O)[C@H](CC(C)C)NC(=O)[C@H](C(C)C)OC(=O)C[C@@H]1O. The van der Waals surface area contributed by atoms with Gasteiger partial charge in [-0.05, 0) is 151 Å². The minimum Gasteiger partial charge on any atom is -0.497 e. The van der Waals surface area contributed by atoms with Gasteiger partial charge in [0.1, 0.15) is 72.5 Å². The number of aliphatic hydroxyl groups is 1. The Balaban J connectivity index is 1.10. The minimum atomic E-state index is -1.79. The van der Waals surface area contributed by atoms with Crippen molar-refractivity contribution in [3.63, 3.8) is 0 Å². The summed E-state index contributed by atoms with van der Waals surface area (Å²) in [6.45, 7) is 28.8. The molecule has 12 atom stereocenters. The Morgan fingerprint density at radius 3 is 2.09 bits per heavy atom. The Labute approximate surface area is 629 Å². The first-order valence-corrected chi connectivity index (χ1v) is 38.3. The van der Waals surface area contributed by atoms with Crippen LogP contribution in [0.5, 0.6) is 5.75 Å². The molecule has 7 amide bonds. The Morgan fingerprint density at radius 1 is 0.776 bits per heavy atom. The molecule has 4 heterocycles. The summed E-state index contributed by atoms with van der Waals surface area (Å²) in [5.41, 5.74) is 4.40.